The van der Waals surface area contributed by atoms with Crippen LogP contribution in [0.25, 0.3) is 0 Å². The topological polar surface area (TPSA) is 111 Å². The lowest BCUT2D eigenvalue weighted by molar-refractivity contribution is -0.385. The molecule has 0 saturated carbocycles. The number of benzene rings is 1. The molecule has 0 saturated heterocycles. The van der Waals surface area contributed by atoms with Gasteiger partial charge >= 0.3 is 5.97 Å². The van der Waals surface area contributed by atoms with Crippen molar-refractivity contribution in [3.63, 3.8) is 0 Å². The third-order valence-electron chi connectivity index (χ3n) is 2.75. The average Bonchev–Trinajstić information content (AvgIpc) is 2.83. The van der Waals surface area contributed by atoms with Crippen LogP contribution in [0.5, 0.6) is 0 Å². The number of halogens is 1. The molecule has 0 amide bonds. The van der Waals surface area contributed by atoms with Gasteiger partial charge in [-0.15, -0.1) is 5.10 Å². The smallest absolute Gasteiger partial charge is 0.303 e. The summed E-state index contributed by atoms with van der Waals surface area (Å²) in [7, 11) is 0. The van der Waals surface area contributed by atoms with Crippen molar-refractivity contribution < 1.29 is 14.8 Å². The van der Waals surface area contributed by atoms with Crippen molar-refractivity contribution >= 4 is 23.3 Å². The summed E-state index contributed by atoms with van der Waals surface area (Å²) in [6, 6.07) is 4.28. The van der Waals surface area contributed by atoms with Gasteiger partial charge in [0.1, 0.15) is 0 Å². The highest BCUT2D eigenvalue weighted by Crippen LogP contribution is 2.23. The Balaban J connectivity index is 2.16. The van der Waals surface area contributed by atoms with Gasteiger partial charge < -0.3 is 5.11 Å². The maximum absolute atomic E-state index is 11.0. The first kappa shape index (κ1) is 14.9. The van der Waals surface area contributed by atoms with Gasteiger partial charge in [-0.3, -0.25) is 14.9 Å². The number of carboxylic acid groups (broad SMARTS) is 1. The van der Waals surface area contributed by atoms with E-state index < -0.39 is 10.9 Å². The van der Waals surface area contributed by atoms with E-state index in [0.717, 1.165) is 0 Å². The predicted octanol–water partition coefficient (Wildman–Crippen LogP) is 1.91. The molecule has 0 atom stereocenters. The maximum atomic E-state index is 11.0. The quantitative estimate of drug-likeness (QED) is 0.644. The molecule has 0 bridgehead atoms. The van der Waals surface area contributed by atoms with Crippen LogP contribution in [0.15, 0.2) is 24.4 Å². The average molecular weight is 311 g/mol. The lowest BCUT2D eigenvalue weighted by Gasteiger charge is -2.03. The molecule has 2 rings (SSSR count). The lowest BCUT2D eigenvalue weighted by atomic mass is 10.2. The van der Waals surface area contributed by atoms with Gasteiger partial charge in [0.25, 0.3) is 5.69 Å². The monoisotopic (exact) mass is 310 g/mol. The molecule has 0 unspecified atom stereocenters. The number of rotatable bonds is 6. The molecule has 1 N–H and O–H groups in total. The minimum absolute atomic E-state index is 0.0456. The number of nitro benzene ring substituents is 1. The molecule has 8 nitrogen and oxygen atoms in total. The summed E-state index contributed by atoms with van der Waals surface area (Å²) in [4.78, 5) is 20.9. The Labute approximate surface area is 124 Å². The van der Waals surface area contributed by atoms with Crippen LogP contribution in [0, 0.1) is 10.1 Å². The standard InChI is InChI=1S/C12H11ClN4O4/c13-9-1-3-11(17(20)21)8(5-9)6-16-7-10(14-15-16)2-4-12(18)19/h1,3,5,7H,2,4,6H2,(H,18,19). The molecule has 0 aliphatic carbocycles. The number of aliphatic carboxylic acids is 1. The van der Waals surface area contributed by atoms with Crippen molar-refractivity contribution in [3.8, 4) is 0 Å². The Kier molecular flexibility index (Phi) is 4.49. The van der Waals surface area contributed by atoms with Crippen LogP contribution >= 0.6 is 11.6 Å². The summed E-state index contributed by atoms with van der Waals surface area (Å²) in [6.45, 7) is 0.136. The Morgan fingerprint density at radius 1 is 1.48 bits per heavy atom. The number of carbonyl (C=O) groups is 1. The van der Waals surface area contributed by atoms with Gasteiger partial charge in [-0.05, 0) is 12.1 Å². The molecule has 0 aliphatic rings. The normalized spacial score (nSPS) is 10.5. The molecular weight excluding hydrogens is 300 g/mol. The predicted molar refractivity (Wildman–Crippen MR) is 73.2 cm³/mol. The van der Waals surface area contributed by atoms with E-state index in [9.17, 15) is 14.9 Å². The zero-order chi connectivity index (χ0) is 15.4. The first-order chi connectivity index (χ1) is 9.95. The van der Waals surface area contributed by atoms with Gasteiger partial charge in [0.05, 0.1) is 29.1 Å². The molecule has 0 fully saturated rings. The van der Waals surface area contributed by atoms with Crippen molar-refractivity contribution in [2.75, 3.05) is 0 Å². The largest absolute Gasteiger partial charge is 0.481 e. The first-order valence-corrected chi connectivity index (χ1v) is 6.37. The highest BCUT2D eigenvalue weighted by Gasteiger charge is 2.15. The zero-order valence-electron chi connectivity index (χ0n) is 10.8. The Bertz CT molecular complexity index is 686. The van der Waals surface area contributed by atoms with Crippen LogP contribution in [-0.4, -0.2) is 31.0 Å². The van der Waals surface area contributed by atoms with Gasteiger partial charge in [0.15, 0.2) is 0 Å². The van der Waals surface area contributed by atoms with E-state index in [1.54, 1.807) is 6.20 Å². The Morgan fingerprint density at radius 3 is 2.90 bits per heavy atom. The summed E-state index contributed by atoms with van der Waals surface area (Å²) in [5, 5.41) is 27.6. The fourth-order valence-electron chi connectivity index (χ4n) is 1.80. The molecule has 0 radical (unpaired) electrons. The van der Waals surface area contributed by atoms with Crippen molar-refractivity contribution in [1.29, 1.82) is 0 Å². The zero-order valence-corrected chi connectivity index (χ0v) is 11.5. The minimum atomic E-state index is -0.921. The number of carboxylic acids is 1. The van der Waals surface area contributed by atoms with E-state index in [0.29, 0.717) is 16.3 Å². The van der Waals surface area contributed by atoms with Crippen LogP contribution in [0.4, 0.5) is 5.69 Å². The molecular formula is C12H11ClN4O4. The fourth-order valence-corrected chi connectivity index (χ4v) is 1.99. The van der Waals surface area contributed by atoms with Crippen LogP contribution in [0.2, 0.25) is 5.02 Å². The van der Waals surface area contributed by atoms with Gasteiger partial charge in [0, 0.05) is 23.7 Å². The van der Waals surface area contributed by atoms with Gasteiger partial charge in [-0.25, -0.2) is 4.68 Å². The third-order valence-corrected chi connectivity index (χ3v) is 2.99. The summed E-state index contributed by atoms with van der Waals surface area (Å²) >= 11 is 5.84. The van der Waals surface area contributed by atoms with E-state index in [1.165, 1.54) is 22.9 Å². The SMILES string of the molecule is O=C(O)CCc1cn(Cc2cc(Cl)ccc2[N+](=O)[O-])nn1. The Hall–Kier alpha value is -2.48. The van der Waals surface area contributed by atoms with E-state index in [2.05, 4.69) is 10.3 Å². The van der Waals surface area contributed by atoms with Crippen LogP contribution in [0.1, 0.15) is 17.7 Å². The molecule has 0 spiro atoms. The van der Waals surface area contributed by atoms with Crippen LogP contribution < -0.4 is 0 Å². The highest BCUT2D eigenvalue weighted by atomic mass is 35.5. The van der Waals surface area contributed by atoms with E-state index in [1.807, 2.05) is 0 Å². The molecule has 1 heterocycles. The van der Waals surface area contributed by atoms with Gasteiger partial charge in [-0.1, -0.05) is 16.8 Å². The lowest BCUT2D eigenvalue weighted by Crippen LogP contribution is -2.04. The van der Waals surface area contributed by atoms with Crippen molar-refractivity contribution in [2.24, 2.45) is 0 Å². The van der Waals surface area contributed by atoms with Gasteiger partial charge in [0.2, 0.25) is 0 Å². The summed E-state index contributed by atoms with van der Waals surface area (Å²) in [6.07, 6.45) is 1.77. The highest BCUT2D eigenvalue weighted by molar-refractivity contribution is 6.30. The molecule has 0 aliphatic heterocycles. The number of hydrogen-bond donors (Lipinski definition) is 1. The summed E-state index contributed by atoms with van der Waals surface area (Å²) in [5.74, 6) is -0.921. The number of nitrogens with zero attached hydrogens (tertiary/aromatic N) is 4. The fraction of sp³-hybridized carbons (Fsp3) is 0.250. The molecule has 1 aromatic heterocycles. The number of hydrogen-bond acceptors (Lipinski definition) is 5. The molecule has 21 heavy (non-hydrogen) atoms. The minimum Gasteiger partial charge on any atom is -0.481 e. The molecule has 1 aromatic carbocycles. The van der Waals surface area contributed by atoms with E-state index in [-0.39, 0.29) is 25.1 Å². The summed E-state index contributed by atoms with van der Waals surface area (Å²) < 4.78 is 1.41. The second-order valence-electron chi connectivity index (χ2n) is 4.33. The second-order valence-corrected chi connectivity index (χ2v) is 4.77. The second kappa shape index (κ2) is 6.31. The van der Waals surface area contributed by atoms with Crippen molar-refractivity contribution in [2.45, 2.75) is 19.4 Å². The summed E-state index contributed by atoms with van der Waals surface area (Å²) in [5.41, 5.74) is 0.867. The number of nitro groups is 1. The van der Waals surface area contributed by atoms with Crippen LogP contribution in [0.3, 0.4) is 0 Å². The van der Waals surface area contributed by atoms with Crippen molar-refractivity contribution in [3.05, 3.63) is 50.8 Å². The van der Waals surface area contributed by atoms with Crippen LogP contribution in [-0.2, 0) is 17.8 Å². The molecule has 9 heteroatoms. The first-order valence-electron chi connectivity index (χ1n) is 5.99. The third kappa shape index (κ3) is 3.99. The maximum Gasteiger partial charge on any atom is 0.303 e. The van der Waals surface area contributed by atoms with Gasteiger partial charge in [-0.2, -0.15) is 0 Å². The van der Waals surface area contributed by atoms with E-state index in [4.69, 9.17) is 16.7 Å². The number of aryl methyl sites for hydroxylation is 1. The Morgan fingerprint density at radius 2 is 2.24 bits per heavy atom. The molecule has 110 valence electrons. The van der Waals surface area contributed by atoms with E-state index >= 15 is 0 Å². The number of aromatic nitrogens is 3. The molecule has 2 aromatic rings. The van der Waals surface area contributed by atoms with Crippen molar-refractivity contribution in [1.82, 2.24) is 15.0 Å².